The van der Waals surface area contributed by atoms with Crippen molar-refractivity contribution in [3.05, 3.63) is 65.2 Å². The van der Waals surface area contributed by atoms with Crippen molar-refractivity contribution in [2.75, 3.05) is 20.7 Å². The van der Waals surface area contributed by atoms with Gasteiger partial charge in [-0.05, 0) is 49.4 Å². The second kappa shape index (κ2) is 8.85. The van der Waals surface area contributed by atoms with Crippen LogP contribution >= 0.6 is 0 Å². The Bertz CT molecular complexity index is 1050. The fourth-order valence-corrected chi connectivity index (χ4v) is 3.33. The summed E-state index contributed by atoms with van der Waals surface area (Å²) in [6, 6.07) is 15.2. The summed E-state index contributed by atoms with van der Waals surface area (Å²) in [5, 5.41) is 12.2. The predicted octanol–water partition coefficient (Wildman–Crippen LogP) is 1.50. The molecule has 0 radical (unpaired) electrons. The minimum atomic E-state index is -1.33. The van der Waals surface area contributed by atoms with Crippen LogP contribution < -0.4 is 15.5 Å². The van der Waals surface area contributed by atoms with E-state index in [9.17, 15) is 14.4 Å². The SMILES string of the molecule is COc1cccc(C2(C)NC(=O)N(NC(=O)CN(C)Cc3ccc(C#N)cc3)C2=O)c1. The Labute approximate surface area is 180 Å². The third-order valence-corrected chi connectivity index (χ3v) is 5.02. The summed E-state index contributed by atoms with van der Waals surface area (Å²) in [6.07, 6.45) is 0. The van der Waals surface area contributed by atoms with Crippen molar-refractivity contribution in [2.45, 2.75) is 19.0 Å². The van der Waals surface area contributed by atoms with Crippen LogP contribution in [0, 0.1) is 11.3 Å². The molecule has 2 N–H and O–H groups in total. The van der Waals surface area contributed by atoms with Crippen molar-refractivity contribution in [3.8, 4) is 11.8 Å². The van der Waals surface area contributed by atoms with E-state index in [-0.39, 0.29) is 6.54 Å². The van der Waals surface area contributed by atoms with E-state index in [2.05, 4.69) is 16.8 Å². The molecular weight excluding hydrogens is 398 g/mol. The summed E-state index contributed by atoms with van der Waals surface area (Å²) >= 11 is 0. The van der Waals surface area contributed by atoms with Gasteiger partial charge in [0.05, 0.1) is 25.3 Å². The van der Waals surface area contributed by atoms with Crippen LogP contribution in [-0.2, 0) is 21.7 Å². The smallest absolute Gasteiger partial charge is 0.344 e. The minimum Gasteiger partial charge on any atom is -0.497 e. The molecule has 1 saturated heterocycles. The van der Waals surface area contributed by atoms with Gasteiger partial charge in [-0.2, -0.15) is 10.3 Å². The Morgan fingerprint density at radius 3 is 2.61 bits per heavy atom. The molecule has 0 aromatic heterocycles. The zero-order valence-electron chi connectivity index (χ0n) is 17.5. The normalized spacial score (nSPS) is 18.0. The molecule has 160 valence electrons. The number of nitrogens with one attached hydrogen (secondary N) is 2. The first-order chi connectivity index (χ1) is 14.8. The van der Waals surface area contributed by atoms with Crippen molar-refractivity contribution in [1.29, 1.82) is 5.26 Å². The number of imide groups is 1. The number of urea groups is 1. The Morgan fingerprint density at radius 2 is 1.97 bits per heavy atom. The van der Waals surface area contributed by atoms with Gasteiger partial charge in [0.15, 0.2) is 0 Å². The molecule has 1 aliphatic rings. The molecule has 2 aromatic rings. The Hall–Kier alpha value is -3.90. The monoisotopic (exact) mass is 421 g/mol. The van der Waals surface area contributed by atoms with Crippen LogP contribution in [0.25, 0.3) is 0 Å². The molecular formula is C22H23N5O4. The highest BCUT2D eigenvalue weighted by atomic mass is 16.5. The highest BCUT2D eigenvalue weighted by molar-refractivity contribution is 6.08. The van der Waals surface area contributed by atoms with E-state index in [0.717, 1.165) is 5.56 Å². The summed E-state index contributed by atoms with van der Waals surface area (Å²) in [4.78, 5) is 39.5. The van der Waals surface area contributed by atoms with Crippen LogP contribution in [0.3, 0.4) is 0 Å². The number of amides is 4. The van der Waals surface area contributed by atoms with Crippen molar-refractivity contribution in [2.24, 2.45) is 0 Å². The number of hydrogen-bond donors (Lipinski definition) is 2. The number of methoxy groups -OCH3 is 1. The average Bonchev–Trinajstić information content (AvgIpc) is 2.98. The minimum absolute atomic E-state index is 0.0348. The maximum Gasteiger partial charge on any atom is 0.344 e. The summed E-state index contributed by atoms with van der Waals surface area (Å²) in [7, 11) is 3.25. The molecule has 9 heteroatoms. The molecule has 2 aromatic carbocycles. The Kier molecular flexibility index (Phi) is 6.22. The topological polar surface area (TPSA) is 115 Å². The summed E-state index contributed by atoms with van der Waals surface area (Å²) in [6.45, 7) is 2.00. The van der Waals surface area contributed by atoms with Crippen LogP contribution in [0.15, 0.2) is 48.5 Å². The van der Waals surface area contributed by atoms with Gasteiger partial charge in [0.25, 0.3) is 11.8 Å². The number of nitriles is 1. The third kappa shape index (κ3) is 4.65. The molecule has 0 saturated carbocycles. The van der Waals surface area contributed by atoms with Gasteiger partial charge in [0.1, 0.15) is 11.3 Å². The maximum absolute atomic E-state index is 13.0. The molecule has 1 fully saturated rings. The Morgan fingerprint density at radius 1 is 1.26 bits per heavy atom. The largest absolute Gasteiger partial charge is 0.497 e. The maximum atomic E-state index is 13.0. The fraction of sp³-hybridized carbons (Fsp3) is 0.273. The molecule has 0 aliphatic carbocycles. The molecule has 9 nitrogen and oxygen atoms in total. The van der Waals surface area contributed by atoms with Gasteiger partial charge >= 0.3 is 6.03 Å². The first-order valence-corrected chi connectivity index (χ1v) is 9.55. The van der Waals surface area contributed by atoms with Gasteiger partial charge in [-0.1, -0.05) is 24.3 Å². The van der Waals surface area contributed by atoms with Crippen LogP contribution in [0.1, 0.15) is 23.6 Å². The van der Waals surface area contributed by atoms with E-state index >= 15 is 0 Å². The van der Waals surface area contributed by atoms with Crippen molar-refractivity contribution >= 4 is 17.8 Å². The molecule has 1 atom stereocenters. The average molecular weight is 421 g/mol. The molecule has 1 aliphatic heterocycles. The van der Waals surface area contributed by atoms with Crippen LogP contribution in [-0.4, -0.2) is 48.5 Å². The molecule has 4 amide bonds. The number of carbonyl (C=O) groups excluding carboxylic acids is 3. The lowest BCUT2D eigenvalue weighted by molar-refractivity contribution is -0.139. The van der Waals surface area contributed by atoms with Gasteiger partial charge in [0, 0.05) is 6.54 Å². The number of nitrogens with zero attached hydrogens (tertiary/aromatic N) is 3. The lowest BCUT2D eigenvalue weighted by Crippen LogP contribution is -2.50. The second-order valence-corrected chi connectivity index (χ2v) is 7.44. The lowest BCUT2D eigenvalue weighted by Gasteiger charge is -2.23. The highest BCUT2D eigenvalue weighted by Gasteiger charge is 2.50. The van der Waals surface area contributed by atoms with Gasteiger partial charge in [-0.25, -0.2) is 4.79 Å². The van der Waals surface area contributed by atoms with Crippen molar-refractivity contribution in [3.63, 3.8) is 0 Å². The van der Waals surface area contributed by atoms with E-state index in [0.29, 0.717) is 28.4 Å². The van der Waals surface area contributed by atoms with E-state index in [4.69, 9.17) is 10.00 Å². The molecule has 0 bridgehead atoms. The number of ether oxygens (including phenoxy) is 1. The first-order valence-electron chi connectivity index (χ1n) is 9.55. The zero-order chi connectivity index (χ0) is 22.6. The van der Waals surface area contributed by atoms with Gasteiger partial charge in [-0.15, -0.1) is 0 Å². The third-order valence-electron chi connectivity index (χ3n) is 5.02. The van der Waals surface area contributed by atoms with Crippen molar-refractivity contribution < 1.29 is 19.1 Å². The van der Waals surface area contributed by atoms with Gasteiger partial charge in [0.2, 0.25) is 0 Å². The zero-order valence-corrected chi connectivity index (χ0v) is 17.5. The highest BCUT2D eigenvalue weighted by Crippen LogP contribution is 2.30. The standard InChI is InChI=1S/C22H23N5O4/c1-22(17-5-4-6-18(11-17)31-3)20(29)27(21(30)24-22)25-19(28)14-26(2)13-16-9-7-15(12-23)8-10-16/h4-11H,13-14H2,1-3H3,(H,24,30)(H,25,28). The quantitative estimate of drug-likeness (QED) is 0.655. The number of carbonyl (C=O) groups is 3. The van der Waals surface area contributed by atoms with E-state index < -0.39 is 23.4 Å². The fourth-order valence-electron chi connectivity index (χ4n) is 3.33. The second-order valence-electron chi connectivity index (χ2n) is 7.44. The number of hydrogen-bond acceptors (Lipinski definition) is 6. The van der Waals surface area contributed by atoms with Gasteiger partial charge in [-0.3, -0.25) is 19.9 Å². The Balaban J connectivity index is 1.63. The summed E-state index contributed by atoms with van der Waals surface area (Å²) in [5.74, 6) is -0.545. The van der Waals surface area contributed by atoms with E-state index in [1.165, 1.54) is 7.11 Å². The molecule has 1 heterocycles. The van der Waals surface area contributed by atoms with Crippen LogP contribution in [0.4, 0.5) is 4.79 Å². The molecule has 3 rings (SSSR count). The van der Waals surface area contributed by atoms with Crippen LogP contribution in [0.5, 0.6) is 5.75 Å². The molecule has 31 heavy (non-hydrogen) atoms. The predicted molar refractivity (Wildman–Crippen MR) is 111 cm³/mol. The first kappa shape index (κ1) is 21.8. The number of benzene rings is 2. The number of rotatable bonds is 7. The van der Waals surface area contributed by atoms with Gasteiger partial charge < -0.3 is 10.1 Å². The van der Waals surface area contributed by atoms with Crippen LogP contribution in [0.2, 0.25) is 0 Å². The van der Waals surface area contributed by atoms with Crippen molar-refractivity contribution in [1.82, 2.24) is 20.7 Å². The van der Waals surface area contributed by atoms with E-state index in [1.54, 1.807) is 55.3 Å². The lowest BCUT2D eigenvalue weighted by atomic mass is 9.92. The summed E-state index contributed by atoms with van der Waals surface area (Å²) in [5.41, 5.74) is 3.08. The van der Waals surface area contributed by atoms with E-state index in [1.807, 2.05) is 12.1 Å². The summed E-state index contributed by atoms with van der Waals surface area (Å²) < 4.78 is 5.19. The molecule has 0 spiro atoms. The molecule has 1 unspecified atom stereocenters. The number of hydrazine groups is 1. The number of likely N-dealkylation sites (N-methyl/N-ethyl adjacent to an activating group) is 1.